The van der Waals surface area contributed by atoms with Gasteiger partial charge in [-0.1, -0.05) is 29.8 Å². The van der Waals surface area contributed by atoms with Crippen molar-refractivity contribution in [3.63, 3.8) is 0 Å². The maximum Gasteiger partial charge on any atom is 0.337 e. The maximum atomic E-state index is 12.6. The Bertz CT molecular complexity index is 952. The van der Waals surface area contributed by atoms with Gasteiger partial charge < -0.3 is 19.2 Å². The Hall–Kier alpha value is -3.25. The molecule has 1 amide bonds. The van der Waals surface area contributed by atoms with E-state index in [0.29, 0.717) is 11.3 Å². The van der Waals surface area contributed by atoms with E-state index in [0.717, 1.165) is 0 Å². The van der Waals surface area contributed by atoms with Gasteiger partial charge in [-0.25, -0.2) is 4.79 Å². The molecule has 1 N–H and O–H groups in total. The molecule has 0 aliphatic rings. The van der Waals surface area contributed by atoms with Gasteiger partial charge in [0.15, 0.2) is 5.76 Å². The van der Waals surface area contributed by atoms with E-state index < -0.39 is 11.9 Å². The van der Waals surface area contributed by atoms with Gasteiger partial charge in [-0.15, -0.1) is 0 Å². The Morgan fingerprint density at radius 2 is 1.89 bits per heavy atom. The third-order valence-electron chi connectivity index (χ3n) is 3.73. The number of nitrogens with one attached hydrogen (secondary N) is 1. The normalized spacial score (nSPS) is 10.3. The predicted octanol–water partition coefficient (Wildman–Crippen LogP) is 4.55. The number of anilines is 1. The highest BCUT2D eigenvalue weighted by atomic mass is 35.5. The number of methoxy groups -OCH3 is 1. The number of benzene rings is 2. The van der Waals surface area contributed by atoms with E-state index in [9.17, 15) is 9.59 Å². The van der Waals surface area contributed by atoms with E-state index in [1.807, 2.05) is 30.3 Å². The van der Waals surface area contributed by atoms with Crippen LogP contribution in [0.5, 0.6) is 5.75 Å². The van der Waals surface area contributed by atoms with Crippen molar-refractivity contribution in [2.75, 3.05) is 12.4 Å². The summed E-state index contributed by atoms with van der Waals surface area (Å²) in [5.74, 6) is -0.253. The van der Waals surface area contributed by atoms with Crippen LogP contribution >= 0.6 is 11.6 Å². The molecule has 6 nitrogen and oxygen atoms in total. The van der Waals surface area contributed by atoms with E-state index in [-0.39, 0.29) is 28.6 Å². The lowest BCUT2D eigenvalue weighted by atomic mass is 10.2. The first-order valence-corrected chi connectivity index (χ1v) is 8.39. The zero-order valence-electron chi connectivity index (χ0n) is 14.4. The third-order valence-corrected chi connectivity index (χ3v) is 4.06. The van der Waals surface area contributed by atoms with Gasteiger partial charge in [-0.05, 0) is 36.4 Å². The van der Waals surface area contributed by atoms with Gasteiger partial charge >= 0.3 is 5.97 Å². The maximum absolute atomic E-state index is 12.6. The van der Waals surface area contributed by atoms with Gasteiger partial charge in [0.25, 0.3) is 5.91 Å². The monoisotopic (exact) mass is 385 g/mol. The summed E-state index contributed by atoms with van der Waals surface area (Å²) in [6.45, 7) is 0.166. The highest BCUT2D eigenvalue weighted by molar-refractivity contribution is 6.34. The number of hydrogen-bond acceptors (Lipinski definition) is 5. The Balaban J connectivity index is 1.74. The number of carbonyl (C=O) groups excluding carboxylic acids is 2. The lowest BCUT2D eigenvalue weighted by molar-refractivity contribution is 0.0600. The number of para-hydroxylation sites is 1. The van der Waals surface area contributed by atoms with Crippen molar-refractivity contribution in [1.82, 2.24) is 0 Å². The van der Waals surface area contributed by atoms with Crippen LogP contribution in [0, 0.1) is 0 Å². The molecule has 27 heavy (non-hydrogen) atoms. The molecule has 0 bridgehead atoms. The summed E-state index contributed by atoms with van der Waals surface area (Å²) in [4.78, 5) is 24.2. The van der Waals surface area contributed by atoms with E-state index in [2.05, 4.69) is 10.1 Å². The minimum Gasteiger partial charge on any atom is -0.489 e. The molecular formula is C20H16ClNO5. The molecular weight excluding hydrogens is 370 g/mol. The standard InChI is InChI=1S/C20H16ClNO5/c1-25-20(24)13-7-8-16(21)17(11-13)22-19(23)18-14(9-10-26-18)12-27-15-5-3-2-4-6-15/h2-11H,12H2,1H3,(H,22,23). The summed E-state index contributed by atoms with van der Waals surface area (Å²) in [7, 11) is 1.27. The summed E-state index contributed by atoms with van der Waals surface area (Å²) in [5, 5.41) is 2.92. The molecule has 0 unspecified atom stereocenters. The molecule has 3 rings (SSSR count). The summed E-state index contributed by atoms with van der Waals surface area (Å²) < 4.78 is 15.6. The van der Waals surface area contributed by atoms with Crippen molar-refractivity contribution < 1.29 is 23.5 Å². The van der Waals surface area contributed by atoms with Gasteiger partial charge in [-0.3, -0.25) is 4.79 Å². The van der Waals surface area contributed by atoms with Crippen LogP contribution < -0.4 is 10.1 Å². The number of amides is 1. The number of esters is 1. The van der Waals surface area contributed by atoms with Crippen molar-refractivity contribution in [3.05, 3.63) is 82.8 Å². The fourth-order valence-electron chi connectivity index (χ4n) is 2.37. The molecule has 0 atom stereocenters. The fourth-order valence-corrected chi connectivity index (χ4v) is 2.54. The highest BCUT2D eigenvalue weighted by Gasteiger charge is 2.18. The quantitative estimate of drug-likeness (QED) is 0.630. The number of ether oxygens (including phenoxy) is 2. The SMILES string of the molecule is COC(=O)c1ccc(Cl)c(NC(=O)c2occc2COc2ccccc2)c1. The van der Waals surface area contributed by atoms with Crippen LogP contribution in [0.4, 0.5) is 5.69 Å². The summed E-state index contributed by atoms with van der Waals surface area (Å²) in [5.41, 5.74) is 1.12. The molecule has 0 aliphatic heterocycles. The lowest BCUT2D eigenvalue weighted by Crippen LogP contribution is -2.14. The second-order valence-corrected chi connectivity index (χ2v) is 5.92. The van der Waals surface area contributed by atoms with Gasteiger partial charge in [-0.2, -0.15) is 0 Å². The van der Waals surface area contributed by atoms with E-state index in [4.69, 9.17) is 20.8 Å². The largest absolute Gasteiger partial charge is 0.489 e. The zero-order valence-corrected chi connectivity index (χ0v) is 15.2. The average molecular weight is 386 g/mol. The first-order valence-electron chi connectivity index (χ1n) is 8.02. The lowest BCUT2D eigenvalue weighted by Gasteiger charge is -2.09. The molecule has 0 radical (unpaired) electrons. The molecule has 1 heterocycles. The average Bonchev–Trinajstić information content (AvgIpc) is 3.17. The molecule has 0 spiro atoms. The first-order chi connectivity index (χ1) is 13.1. The van der Waals surface area contributed by atoms with Crippen LogP contribution in [0.1, 0.15) is 26.5 Å². The number of rotatable bonds is 6. The molecule has 0 aliphatic carbocycles. The van der Waals surface area contributed by atoms with Gasteiger partial charge in [0.2, 0.25) is 0 Å². The van der Waals surface area contributed by atoms with Crippen LogP contribution in [0.2, 0.25) is 5.02 Å². The Labute approximate surface area is 160 Å². The molecule has 0 saturated carbocycles. The van der Waals surface area contributed by atoms with Crippen LogP contribution in [-0.2, 0) is 11.3 Å². The van der Waals surface area contributed by atoms with Crippen LogP contribution in [0.25, 0.3) is 0 Å². The molecule has 0 saturated heterocycles. The smallest absolute Gasteiger partial charge is 0.337 e. The minimum atomic E-state index is -0.530. The Morgan fingerprint density at radius 3 is 2.63 bits per heavy atom. The summed E-state index contributed by atoms with van der Waals surface area (Å²) in [6.07, 6.45) is 1.41. The van der Waals surface area contributed by atoms with Crippen molar-refractivity contribution in [2.24, 2.45) is 0 Å². The van der Waals surface area contributed by atoms with Crippen LogP contribution in [0.15, 0.2) is 65.3 Å². The second kappa shape index (κ2) is 8.42. The predicted molar refractivity (Wildman–Crippen MR) is 100 cm³/mol. The van der Waals surface area contributed by atoms with Crippen LogP contribution in [0.3, 0.4) is 0 Å². The molecule has 1 aromatic heterocycles. The number of hydrogen-bond donors (Lipinski definition) is 1. The summed E-state index contributed by atoms with van der Waals surface area (Å²) in [6, 6.07) is 15.3. The van der Waals surface area contributed by atoms with Crippen molar-refractivity contribution in [3.8, 4) is 5.75 Å². The van der Waals surface area contributed by atoms with E-state index in [1.165, 1.54) is 31.6 Å². The molecule has 0 fully saturated rings. The molecule has 138 valence electrons. The Kier molecular flexibility index (Phi) is 5.78. The van der Waals surface area contributed by atoms with Gasteiger partial charge in [0.1, 0.15) is 12.4 Å². The minimum absolute atomic E-state index is 0.102. The summed E-state index contributed by atoms with van der Waals surface area (Å²) >= 11 is 6.11. The van der Waals surface area contributed by atoms with Gasteiger partial charge in [0.05, 0.1) is 29.6 Å². The van der Waals surface area contributed by atoms with Crippen molar-refractivity contribution in [1.29, 1.82) is 0 Å². The fraction of sp³-hybridized carbons (Fsp3) is 0.100. The van der Waals surface area contributed by atoms with Gasteiger partial charge in [0, 0.05) is 5.56 Å². The molecule has 2 aromatic carbocycles. The number of carbonyl (C=O) groups is 2. The first kappa shape index (κ1) is 18.5. The Morgan fingerprint density at radius 1 is 1.11 bits per heavy atom. The van der Waals surface area contributed by atoms with E-state index in [1.54, 1.807) is 6.07 Å². The molecule has 3 aromatic rings. The van der Waals surface area contributed by atoms with Crippen LogP contribution in [-0.4, -0.2) is 19.0 Å². The topological polar surface area (TPSA) is 77.8 Å². The zero-order chi connectivity index (χ0) is 19.2. The molecule has 7 heteroatoms. The van der Waals surface area contributed by atoms with Crippen molar-refractivity contribution >= 4 is 29.2 Å². The number of halogens is 1. The third kappa shape index (κ3) is 4.48. The number of furan rings is 1. The van der Waals surface area contributed by atoms with E-state index >= 15 is 0 Å². The highest BCUT2D eigenvalue weighted by Crippen LogP contribution is 2.25. The van der Waals surface area contributed by atoms with Crippen molar-refractivity contribution in [2.45, 2.75) is 6.61 Å². The second-order valence-electron chi connectivity index (χ2n) is 5.52.